The third-order valence-electron chi connectivity index (χ3n) is 2.03. The number of hydrogen-bond acceptors (Lipinski definition) is 4. The second kappa shape index (κ2) is 3.39. The van der Waals surface area contributed by atoms with Gasteiger partial charge in [0.15, 0.2) is 11.5 Å². The van der Waals surface area contributed by atoms with Crippen LogP contribution in [0.5, 0.6) is 11.5 Å². The number of phenols is 1. The Bertz CT molecular complexity index is 534. The Morgan fingerprint density at radius 1 is 1.40 bits per heavy atom. The first-order valence-electron chi connectivity index (χ1n) is 4.02. The molecule has 6 heteroatoms. The molecule has 78 valence electrons. The van der Waals surface area contributed by atoms with Gasteiger partial charge in [-0.2, -0.15) is 0 Å². The van der Waals surface area contributed by atoms with Crippen LogP contribution in [0.2, 0.25) is 0 Å². The molecular weight excluding hydrogens is 218 g/mol. The van der Waals surface area contributed by atoms with Crippen LogP contribution in [-0.2, 0) is 0 Å². The summed E-state index contributed by atoms with van der Waals surface area (Å²) in [5.74, 6) is -0.975. The molecule has 2 rings (SSSR count). The number of carboxylic acid groups (broad SMARTS) is 1. The molecule has 1 aromatic heterocycles. The minimum absolute atomic E-state index is 0.0562. The molecule has 0 saturated carbocycles. The van der Waals surface area contributed by atoms with Crippen molar-refractivity contribution in [1.82, 2.24) is 4.98 Å². The number of hydrogen-bond donors (Lipinski definition) is 4. The van der Waals surface area contributed by atoms with Crippen molar-refractivity contribution in [2.45, 2.75) is 0 Å². The van der Waals surface area contributed by atoms with Gasteiger partial charge in [0, 0.05) is 24.4 Å². The molecule has 5 nitrogen and oxygen atoms in total. The Balaban J connectivity index is 2.66. The van der Waals surface area contributed by atoms with Crippen LogP contribution in [0.4, 0.5) is 0 Å². The highest BCUT2D eigenvalue weighted by Gasteiger charge is 2.10. The van der Waals surface area contributed by atoms with E-state index >= 15 is 0 Å². The van der Waals surface area contributed by atoms with Gasteiger partial charge in [0.2, 0.25) is 0 Å². The predicted octanol–water partition coefficient (Wildman–Crippen LogP) is 1.80. The summed E-state index contributed by atoms with van der Waals surface area (Å²) in [6.45, 7) is 0. The molecule has 0 aliphatic heterocycles. The van der Waals surface area contributed by atoms with E-state index in [4.69, 9.17) is 5.11 Å². The molecule has 0 saturated heterocycles. The number of H-pyrrole nitrogens is 1. The van der Waals surface area contributed by atoms with Crippen LogP contribution in [0, 0.1) is 0 Å². The highest BCUT2D eigenvalue weighted by Crippen LogP contribution is 2.32. The van der Waals surface area contributed by atoms with Gasteiger partial charge in [0.05, 0.1) is 5.52 Å². The number of benzene rings is 1. The Morgan fingerprint density at radius 3 is 2.73 bits per heavy atom. The van der Waals surface area contributed by atoms with Crippen LogP contribution in [0.25, 0.3) is 10.9 Å². The van der Waals surface area contributed by atoms with Crippen molar-refractivity contribution < 1.29 is 19.2 Å². The lowest BCUT2D eigenvalue weighted by molar-refractivity contribution is 0.0691. The van der Waals surface area contributed by atoms with Crippen molar-refractivity contribution in [2.24, 2.45) is 0 Å². The largest absolute Gasteiger partial charge is 0.504 e. The van der Waals surface area contributed by atoms with E-state index in [0.29, 0.717) is 10.9 Å². The average molecular weight is 225 g/mol. The molecule has 2 aromatic rings. The Hall–Kier alpha value is -1.82. The molecule has 0 radical (unpaired) electrons. The normalized spacial score (nSPS) is 10.5. The lowest BCUT2D eigenvalue weighted by Gasteiger charge is -2.00. The Kier molecular flexibility index (Phi) is 2.20. The van der Waals surface area contributed by atoms with Crippen molar-refractivity contribution in [3.63, 3.8) is 0 Å². The summed E-state index contributed by atoms with van der Waals surface area (Å²) in [4.78, 5) is 13.3. The number of thiol groups is 1. The predicted molar refractivity (Wildman–Crippen MR) is 56.5 cm³/mol. The highest BCUT2D eigenvalue weighted by molar-refractivity contribution is 7.75. The lowest BCUT2D eigenvalue weighted by Crippen LogP contribution is -1.94. The maximum atomic E-state index is 10.7. The summed E-state index contributed by atoms with van der Waals surface area (Å²) < 4.78 is 4.61. The zero-order valence-electron chi connectivity index (χ0n) is 7.39. The van der Waals surface area contributed by atoms with Gasteiger partial charge < -0.3 is 19.4 Å². The number of carboxylic acids is 1. The second-order valence-electron chi connectivity index (χ2n) is 2.99. The van der Waals surface area contributed by atoms with Crippen LogP contribution >= 0.6 is 12.9 Å². The first kappa shape index (κ1) is 9.72. The summed E-state index contributed by atoms with van der Waals surface area (Å²) in [5.41, 5.74) is 0.583. The van der Waals surface area contributed by atoms with E-state index in [2.05, 4.69) is 22.1 Å². The van der Waals surface area contributed by atoms with Crippen LogP contribution in [0.15, 0.2) is 18.2 Å². The fraction of sp³-hybridized carbons (Fsp3) is 0. The fourth-order valence-corrected chi connectivity index (χ4v) is 1.48. The van der Waals surface area contributed by atoms with Crippen molar-refractivity contribution in [1.29, 1.82) is 0 Å². The van der Waals surface area contributed by atoms with Crippen molar-refractivity contribution in [3.8, 4) is 11.5 Å². The number of aromatic hydroxyl groups is 1. The summed E-state index contributed by atoms with van der Waals surface area (Å²) in [6, 6.07) is 4.33. The summed E-state index contributed by atoms with van der Waals surface area (Å²) in [5, 5.41) is 18.8. The van der Waals surface area contributed by atoms with Crippen LogP contribution in [0.1, 0.15) is 10.5 Å². The van der Waals surface area contributed by atoms with Crippen LogP contribution in [0.3, 0.4) is 0 Å². The van der Waals surface area contributed by atoms with Gasteiger partial charge in [-0.05, 0) is 12.1 Å². The third kappa shape index (κ3) is 1.59. The zero-order valence-corrected chi connectivity index (χ0v) is 8.28. The zero-order chi connectivity index (χ0) is 11.0. The fourth-order valence-electron chi connectivity index (χ4n) is 1.34. The van der Waals surface area contributed by atoms with Crippen LogP contribution in [-0.4, -0.2) is 21.2 Å². The molecule has 0 unspecified atom stereocenters. The molecule has 1 heterocycles. The highest BCUT2D eigenvalue weighted by atomic mass is 32.1. The number of fused-ring (bicyclic) bond motifs is 1. The van der Waals surface area contributed by atoms with Crippen molar-refractivity contribution >= 4 is 29.8 Å². The maximum absolute atomic E-state index is 10.7. The van der Waals surface area contributed by atoms with Gasteiger partial charge in [0.25, 0.3) is 0 Å². The first-order valence-corrected chi connectivity index (χ1v) is 4.39. The number of aromatic carboxylic acids is 1. The number of rotatable bonds is 2. The number of aromatic amines is 1. The molecule has 15 heavy (non-hydrogen) atoms. The monoisotopic (exact) mass is 225 g/mol. The molecule has 0 atom stereocenters. The quantitative estimate of drug-likeness (QED) is 0.464. The molecular formula is C9H7NO4S. The lowest BCUT2D eigenvalue weighted by atomic mass is 10.2. The van der Waals surface area contributed by atoms with Gasteiger partial charge in [-0.25, -0.2) is 4.79 Å². The van der Waals surface area contributed by atoms with E-state index in [1.807, 2.05) is 0 Å². The molecule has 0 bridgehead atoms. The molecule has 0 fully saturated rings. The van der Waals surface area contributed by atoms with Gasteiger partial charge >= 0.3 is 5.97 Å². The maximum Gasteiger partial charge on any atom is 0.352 e. The molecule has 0 amide bonds. The summed E-state index contributed by atoms with van der Waals surface area (Å²) in [6.07, 6.45) is 0. The number of carbonyl (C=O) groups is 1. The average Bonchev–Trinajstić information content (AvgIpc) is 2.59. The topological polar surface area (TPSA) is 82.6 Å². The molecule has 1 aromatic carbocycles. The summed E-state index contributed by atoms with van der Waals surface area (Å²) in [7, 11) is 0. The van der Waals surface area contributed by atoms with E-state index in [-0.39, 0.29) is 17.2 Å². The molecule has 3 N–H and O–H groups in total. The second-order valence-corrected chi connectivity index (χ2v) is 3.17. The summed E-state index contributed by atoms with van der Waals surface area (Å²) >= 11 is 3.57. The van der Waals surface area contributed by atoms with E-state index in [0.717, 1.165) is 0 Å². The van der Waals surface area contributed by atoms with E-state index in [1.54, 1.807) is 0 Å². The van der Waals surface area contributed by atoms with E-state index in [9.17, 15) is 9.90 Å². The minimum Gasteiger partial charge on any atom is -0.504 e. The number of nitrogens with one attached hydrogen (secondary N) is 1. The van der Waals surface area contributed by atoms with Crippen molar-refractivity contribution in [2.75, 3.05) is 0 Å². The van der Waals surface area contributed by atoms with Gasteiger partial charge in [-0.15, -0.1) is 0 Å². The van der Waals surface area contributed by atoms with Gasteiger partial charge in [0.1, 0.15) is 5.69 Å². The van der Waals surface area contributed by atoms with Crippen molar-refractivity contribution in [3.05, 3.63) is 23.9 Å². The molecule has 0 aliphatic rings. The SMILES string of the molecule is O=C(O)c1cc2cc(OS)c(O)cc2[nH]1. The first-order chi connectivity index (χ1) is 7.11. The van der Waals surface area contributed by atoms with E-state index < -0.39 is 5.97 Å². The van der Waals surface area contributed by atoms with Gasteiger partial charge in [-0.3, -0.25) is 0 Å². The smallest absolute Gasteiger partial charge is 0.352 e. The number of aromatic nitrogens is 1. The number of phenolic OH excluding ortho intramolecular Hbond substituents is 1. The minimum atomic E-state index is -1.06. The van der Waals surface area contributed by atoms with Crippen LogP contribution < -0.4 is 4.18 Å². The Morgan fingerprint density at radius 2 is 2.13 bits per heavy atom. The Labute approximate surface area is 89.9 Å². The van der Waals surface area contributed by atoms with Gasteiger partial charge in [-0.1, -0.05) is 0 Å². The molecule has 0 aliphatic carbocycles. The van der Waals surface area contributed by atoms with E-state index in [1.165, 1.54) is 18.2 Å². The third-order valence-corrected chi connectivity index (χ3v) is 2.23. The standard InChI is InChI=1S/C9H7NO4S/c11-7-3-5-4(2-8(7)14-15)1-6(10-5)9(12)13/h1-3,10-11,15H,(H,12,13). The molecule has 0 spiro atoms.